The molecule has 0 unspecified atom stereocenters. The van der Waals surface area contributed by atoms with E-state index in [0.29, 0.717) is 107 Å². The fourth-order valence-electron chi connectivity index (χ4n) is 12.9. The molecule has 4 heterocycles. The highest BCUT2D eigenvalue weighted by Gasteiger charge is 2.48. The van der Waals surface area contributed by atoms with E-state index in [9.17, 15) is 33.9 Å². The Morgan fingerprint density at radius 1 is 0.706 bits per heavy atom. The zero-order valence-corrected chi connectivity index (χ0v) is 59.0. The van der Waals surface area contributed by atoms with Crippen LogP contribution in [0.1, 0.15) is 118 Å². The topological polar surface area (TPSA) is 366 Å². The number of rotatable bonds is 17. The first-order chi connectivity index (χ1) is 49.1. The Morgan fingerprint density at radius 3 is 2.01 bits per heavy atom. The molecular weight excluding hydrogens is 1350 g/mol. The first-order valence-corrected chi connectivity index (χ1v) is 36.7. The van der Waals surface area contributed by atoms with E-state index in [0.717, 1.165) is 16.7 Å². The minimum Gasteiger partial charge on any atom is -0.497 e. The maximum atomic E-state index is 15.3. The highest BCUT2D eigenvalue weighted by molar-refractivity contribution is 7.98. The maximum absolute atomic E-state index is 15.3. The van der Waals surface area contributed by atoms with Gasteiger partial charge in [-0.2, -0.15) is 23.5 Å². The van der Waals surface area contributed by atoms with E-state index in [-0.39, 0.29) is 63.7 Å². The summed E-state index contributed by atoms with van der Waals surface area (Å²) in [4.78, 5) is 159. The molecule has 4 aromatic carbocycles. The number of methoxy groups -OCH3 is 1. The average molecular weight is 1440 g/mol. The molecule has 1 saturated heterocycles. The van der Waals surface area contributed by atoms with E-state index in [1.54, 1.807) is 62.0 Å². The molecule has 1 aliphatic carbocycles. The van der Waals surface area contributed by atoms with Crippen molar-refractivity contribution in [3.05, 3.63) is 142 Å². The van der Waals surface area contributed by atoms with Gasteiger partial charge in [0, 0.05) is 91.0 Å². The number of aromatic nitrogens is 1. The number of hydrogen-bond acceptors (Lipinski definition) is 16. The van der Waals surface area contributed by atoms with Crippen LogP contribution in [-0.2, 0) is 78.7 Å². The molecule has 102 heavy (non-hydrogen) atoms. The van der Waals surface area contributed by atoms with Crippen LogP contribution in [0.15, 0.2) is 107 Å². The van der Waals surface area contributed by atoms with Gasteiger partial charge in [-0.25, -0.2) is 13.8 Å². The fraction of sp³-hybridized carbons (Fsp3) is 0.452. The fourth-order valence-corrected chi connectivity index (χ4v) is 14.6. The number of unbranched alkanes of at least 4 members (excludes halogenated alkanes) is 1. The van der Waals surface area contributed by atoms with Gasteiger partial charge < -0.3 is 68.0 Å². The van der Waals surface area contributed by atoms with Crippen molar-refractivity contribution in [3.63, 3.8) is 0 Å². The summed E-state index contributed by atoms with van der Waals surface area (Å²) in [6.45, 7) is 4.22. The molecule has 8 atom stereocenters. The van der Waals surface area contributed by atoms with Crippen LogP contribution < -0.4 is 53.0 Å². The number of aromatic amines is 1. The maximum Gasteiger partial charge on any atom is 0.305 e. The Balaban J connectivity index is 1.06. The lowest BCUT2D eigenvalue weighted by molar-refractivity contribution is -0.146. The number of nitrogens with one attached hydrogen (secondary N) is 9. The smallest absolute Gasteiger partial charge is 0.305 e. The van der Waals surface area contributed by atoms with Crippen molar-refractivity contribution >= 4 is 111 Å². The summed E-state index contributed by atoms with van der Waals surface area (Å²) in [5.41, 5.74) is 9.80. The van der Waals surface area contributed by atoms with Crippen molar-refractivity contribution in [1.82, 2.24) is 52.4 Å². The van der Waals surface area contributed by atoms with Gasteiger partial charge in [0.05, 0.1) is 20.1 Å². The molecule has 4 aliphatic rings. The second-order valence-electron chi connectivity index (χ2n) is 26.0. The number of carbonyl (C=O) groups excluding carboxylic acids is 9. The summed E-state index contributed by atoms with van der Waals surface area (Å²) in [5.74, 6) is -7.28. The molecule has 29 heteroatoms. The van der Waals surface area contributed by atoms with Crippen LogP contribution in [0.25, 0.3) is 16.5 Å². The van der Waals surface area contributed by atoms with Gasteiger partial charge >= 0.3 is 5.97 Å². The molecule has 1 fully saturated rings. The molecule has 3 aliphatic heterocycles. The number of fused-ring (bicyclic) bond motifs is 5. The van der Waals surface area contributed by atoms with E-state index in [1.165, 1.54) is 66.6 Å². The third-order valence-corrected chi connectivity index (χ3v) is 20.5. The SMILES string of the molecule is CCC[C@H]1NC(=O)[C@H](CCCCN)NC(=O)CCSCc2cccc(c2)CSCCNC(=O)[C@]2(C)CCCN2C(=O)[C@H](Cc2ccc(OC)cc2)NC(=O)[C@H](CC2=NC=NC2)NC(=O)[C@H](CC(=O)O)NC(=O)[C@H](Cc2c[nH]c3ccc(F)cc23)NC(=O)[C@H](CC2=CCc3ccc(F)cc32)NC1=O. The number of amides is 9. The zero-order valence-electron chi connectivity index (χ0n) is 57.3. The van der Waals surface area contributed by atoms with Crippen LogP contribution in [0.2, 0.25) is 0 Å². The number of hydrogen-bond donors (Lipinski definition) is 11. The van der Waals surface area contributed by atoms with E-state index in [4.69, 9.17) is 10.5 Å². The van der Waals surface area contributed by atoms with Crippen LogP contribution in [0.4, 0.5) is 8.78 Å². The third-order valence-electron chi connectivity index (χ3n) is 18.5. The minimum atomic E-state index is -2.00. The van der Waals surface area contributed by atoms with Crippen molar-refractivity contribution in [2.75, 3.05) is 44.8 Å². The number of H-pyrrole nitrogens is 1. The number of aliphatic carboxylic acids is 1. The van der Waals surface area contributed by atoms with Gasteiger partial charge in [0.25, 0.3) is 0 Å². The summed E-state index contributed by atoms with van der Waals surface area (Å²) in [5, 5.41) is 32.8. The van der Waals surface area contributed by atoms with Gasteiger partial charge in [-0.15, -0.1) is 0 Å². The van der Waals surface area contributed by atoms with Gasteiger partial charge in [0.2, 0.25) is 53.2 Å². The van der Waals surface area contributed by atoms with Gasteiger partial charge in [0.15, 0.2) is 0 Å². The number of thioether (sulfide) groups is 2. The van der Waals surface area contributed by atoms with Gasteiger partial charge in [-0.05, 0) is 140 Å². The first-order valence-electron chi connectivity index (χ1n) is 34.4. The first kappa shape index (κ1) is 76.7. The number of nitrogens with two attached hydrogens (primary N) is 1. The summed E-state index contributed by atoms with van der Waals surface area (Å²) < 4.78 is 35.5. The predicted molar refractivity (Wildman–Crippen MR) is 386 cm³/mol. The normalized spacial score (nSPS) is 23.6. The van der Waals surface area contributed by atoms with Crippen molar-refractivity contribution in [1.29, 1.82) is 0 Å². The average Bonchev–Trinajstić information content (AvgIpc) is 1.61. The van der Waals surface area contributed by atoms with Gasteiger partial charge in [0.1, 0.15) is 71.6 Å². The number of carboxylic acids is 1. The van der Waals surface area contributed by atoms with E-state index in [2.05, 4.69) is 63.6 Å². The molecule has 5 aromatic rings. The molecule has 9 amide bonds. The Labute approximate surface area is 598 Å². The second kappa shape index (κ2) is 36.9. The van der Waals surface area contributed by atoms with Gasteiger partial charge in [-0.1, -0.05) is 61.9 Å². The third kappa shape index (κ3) is 21.1. The predicted octanol–water partition coefficient (Wildman–Crippen LogP) is 5.01. The standard InChI is InChI=1S/C73H89F2N13O12S2/c1-4-9-56-65(92)83-58(32-47-16-15-46-17-18-49(74)34-53(46)47)67(94)84-59(33-48-38-79-55-22-19-50(75)35-54(48)55)68(95)86-61(37-64(90)91)70(97)85-60(36-51-39-77-42-80-51)69(96)87-62(31-43-13-20-52(100-3)21-14-43)71(98)88-27-8-24-73(88,2)72(99)78-26-29-102-41-45-11-7-10-44(30-45)40-101-28-23-63(89)81-57(66(93)82-56)12-5-6-25-76/h7,10-11,13-14,16-22,30,34-35,38,42,56-62,79H,4-6,8-9,12,15,23-29,31-33,36-37,39-41,76H2,1-3H3,(H,78,99)(H,81,89)(H,82,93)(H,83,92)(H,84,94)(H,85,97)(H,86,95)(H,87,96)(H,90,91)/t56-,57+,58+,59+,60+,61+,62+,73+/m1/s1. The molecule has 544 valence electrons. The van der Waals surface area contributed by atoms with Crippen LogP contribution in [0, 0.1) is 11.6 Å². The molecule has 2 bridgehead atoms. The van der Waals surface area contributed by atoms with E-state index in [1.807, 2.05) is 18.2 Å². The van der Waals surface area contributed by atoms with E-state index >= 15 is 28.0 Å². The highest BCUT2D eigenvalue weighted by Crippen LogP contribution is 2.33. The largest absolute Gasteiger partial charge is 0.497 e. The quantitative estimate of drug-likeness (QED) is 0.0545. The van der Waals surface area contributed by atoms with Gasteiger partial charge in [-0.3, -0.25) is 52.9 Å². The summed E-state index contributed by atoms with van der Waals surface area (Å²) >= 11 is 3.14. The monoisotopic (exact) mass is 1440 g/mol. The number of carbonyl (C=O) groups is 10. The van der Waals surface area contributed by atoms with Crippen molar-refractivity contribution < 1.29 is 66.6 Å². The lowest BCUT2D eigenvalue weighted by Gasteiger charge is -2.36. The van der Waals surface area contributed by atoms with Crippen LogP contribution in [-0.4, -0.2) is 179 Å². The Kier molecular flexibility index (Phi) is 27.8. The number of ether oxygens (including phenoxy) is 1. The molecule has 0 spiro atoms. The number of nitrogens with zero attached hydrogens (tertiary/aromatic N) is 3. The number of benzene rings is 4. The molecule has 25 nitrogen and oxygen atoms in total. The van der Waals surface area contributed by atoms with Crippen LogP contribution >= 0.6 is 23.5 Å². The van der Waals surface area contributed by atoms with E-state index < -0.39 is 131 Å². The molecule has 9 rings (SSSR count). The molecule has 0 saturated carbocycles. The summed E-state index contributed by atoms with van der Waals surface area (Å²) in [6, 6.07) is 12.1. The molecule has 1 aromatic heterocycles. The van der Waals surface area contributed by atoms with Crippen LogP contribution in [0.5, 0.6) is 5.75 Å². The molecular formula is C73H89F2N13O12S2. The van der Waals surface area contributed by atoms with Crippen LogP contribution in [0.3, 0.4) is 0 Å². The van der Waals surface area contributed by atoms with Crippen molar-refractivity contribution in [2.45, 2.75) is 163 Å². The molecule has 12 N–H and O–H groups in total. The summed E-state index contributed by atoms with van der Waals surface area (Å²) in [6.07, 6.45) is 5.00. The van der Waals surface area contributed by atoms with Crippen molar-refractivity contribution in [3.8, 4) is 5.75 Å². The summed E-state index contributed by atoms with van der Waals surface area (Å²) in [7, 11) is 1.49. The number of allylic oxidation sites excluding steroid dienone is 1. The Morgan fingerprint density at radius 2 is 1.33 bits per heavy atom. The molecule has 0 radical (unpaired) electrons. The lowest BCUT2D eigenvalue weighted by atomic mass is 9.95. The Hall–Kier alpha value is -9.48. The number of carboxylic acid groups (broad SMARTS) is 1. The highest BCUT2D eigenvalue weighted by atomic mass is 32.2. The lowest BCUT2D eigenvalue weighted by Crippen LogP contribution is -2.62. The second-order valence-corrected chi connectivity index (χ2v) is 28.2. The number of halogens is 2. The van der Waals surface area contributed by atoms with Crippen molar-refractivity contribution in [2.24, 2.45) is 15.7 Å². The zero-order chi connectivity index (χ0) is 72.9. The number of aliphatic imine (C=N–C) groups is 2. The Bertz CT molecular complexity index is 3980. The minimum absolute atomic E-state index is 0.0141.